The summed E-state index contributed by atoms with van der Waals surface area (Å²) in [6.45, 7) is 7.84. The van der Waals surface area contributed by atoms with Gasteiger partial charge in [0.1, 0.15) is 91.1 Å². The first kappa shape index (κ1) is 56.5. The van der Waals surface area contributed by atoms with Crippen LogP contribution in [0.4, 0.5) is 0 Å². The van der Waals surface area contributed by atoms with Gasteiger partial charge >= 0.3 is 0 Å². The Labute approximate surface area is 424 Å². The average molecular weight is 1050 g/mol. The molecule has 0 amide bonds. The standard InChI is InChI=1S/C50H82O23/c1-20(19-65-43-38(60)36(58)33(55)28(16-51)68-43)8-13-49(63)22(3)50(64)31(73-49)15-27-25-7-6-23-14-24(9-11-47(23,4)26(25)10-12-48(27,50)5)67-46-42(72-44-39(61)35(57)32(54)21(2)66-44)40(62)41(30(18-53)70-46)71-45-37(59)34(56)29(17-52)69-45/h6,20-22,24-46,51-64H,7-19H2,1-5H3/t20-,21+,22-,24+,25-,26+,27+,28-,29+,30-,31+,32+,33-,34+,35-,36+,37-,38-,39-,40+,41-,42-,43-,44+,45+,46-,47+,48+,49-,50-/m1/s1. The molecule has 0 radical (unpaired) electrons. The Bertz CT molecular complexity index is 1920. The maximum absolute atomic E-state index is 12.9. The van der Waals surface area contributed by atoms with Crippen LogP contribution in [-0.4, -0.2) is 238 Å². The molecule has 4 aliphatic carbocycles. The van der Waals surface area contributed by atoms with Crippen molar-refractivity contribution in [2.45, 2.75) is 233 Å². The lowest BCUT2D eigenvalue weighted by molar-refractivity contribution is -0.380. The monoisotopic (exact) mass is 1050 g/mol. The second-order valence-corrected chi connectivity index (χ2v) is 23.4. The highest BCUT2D eigenvalue weighted by Gasteiger charge is 2.75. The first-order valence-corrected chi connectivity index (χ1v) is 26.4. The van der Waals surface area contributed by atoms with Crippen LogP contribution in [0.15, 0.2) is 11.6 Å². The van der Waals surface area contributed by atoms with Crippen molar-refractivity contribution in [1.29, 1.82) is 0 Å². The van der Waals surface area contributed by atoms with Crippen molar-refractivity contribution in [3.05, 3.63) is 11.6 Å². The Kier molecular flexibility index (Phi) is 16.6. The van der Waals surface area contributed by atoms with E-state index in [0.717, 1.165) is 19.3 Å². The van der Waals surface area contributed by atoms with Gasteiger partial charge in [-0.2, -0.15) is 0 Å². The number of hydrogen-bond donors (Lipinski definition) is 14. The minimum absolute atomic E-state index is 0.0827. The van der Waals surface area contributed by atoms with Crippen LogP contribution in [0.25, 0.3) is 0 Å². The second-order valence-electron chi connectivity index (χ2n) is 23.4. The van der Waals surface area contributed by atoms with Crippen molar-refractivity contribution >= 4 is 0 Å². The lowest BCUT2D eigenvalue weighted by atomic mass is 9.46. The molecule has 5 saturated heterocycles. The number of allylic oxidation sites excluding steroid dienone is 1. The first-order valence-electron chi connectivity index (χ1n) is 26.4. The molecular formula is C50H82O23. The predicted molar refractivity (Wildman–Crippen MR) is 246 cm³/mol. The maximum Gasteiger partial charge on any atom is 0.187 e. The van der Waals surface area contributed by atoms with E-state index in [9.17, 15) is 71.5 Å². The summed E-state index contributed by atoms with van der Waals surface area (Å²) in [5, 5.41) is 150. The summed E-state index contributed by atoms with van der Waals surface area (Å²) in [6, 6.07) is 0. The maximum atomic E-state index is 12.9. The van der Waals surface area contributed by atoms with Crippen molar-refractivity contribution in [2.24, 2.45) is 40.4 Å². The van der Waals surface area contributed by atoms with Gasteiger partial charge in [0.25, 0.3) is 0 Å². The van der Waals surface area contributed by atoms with E-state index >= 15 is 0 Å². The van der Waals surface area contributed by atoms with E-state index in [1.54, 1.807) is 0 Å². The van der Waals surface area contributed by atoms with Crippen molar-refractivity contribution in [2.75, 3.05) is 26.4 Å². The molecule has 9 rings (SSSR count). The Morgan fingerprint density at radius 1 is 0.644 bits per heavy atom. The zero-order chi connectivity index (χ0) is 52.9. The molecule has 14 N–H and O–H groups in total. The van der Waals surface area contributed by atoms with Gasteiger partial charge in [0, 0.05) is 17.8 Å². The van der Waals surface area contributed by atoms with Gasteiger partial charge in [-0.3, -0.25) is 0 Å². The fourth-order valence-corrected chi connectivity index (χ4v) is 14.7. The Balaban J connectivity index is 0.855. The molecule has 73 heavy (non-hydrogen) atoms. The van der Waals surface area contributed by atoms with E-state index < -0.39 is 171 Å². The molecule has 23 heteroatoms. The van der Waals surface area contributed by atoms with Crippen molar-refractivity contribution < 1.29 is 114 Å². The number of aliphatic hydroxyl groups is 14. The quantitative estimate of drug-likeness (QED) is 0.0716. The van der Waals surface area contributed by atoms with Crippen LogP contribution in [0.3, 0.4) is 0 Å². The largest absolute Gasteiger partial charge is 0.394 e. The van der Waals surface area contributed by atoms with Crippen molar-refractivity contribution in [1.82, 2.24) is 0 Å². The first-order chi connectivity index (χ1) is 34.5. The van der Waals surface area contributed by atoms with E-state index in [-0.39, 0.29) is 42.1 Å². The molecule has 0 aromatic carbocycles. The third kappa shape index (κ3) is 9.61. The van der Waals surface area contributed by atoms with E-state index in [4.69, 9.17) is 42.6 Å². The van der Waals surface area contributed by atoms with E-state index in [1.807, 2.05) is 13.8 Å². The minimum Gasteiger partial charge on any atom is -0.394 e. The van der Waals surface area contributed by atoms with Gasteiger partial charge in [-0.15, -0.1) is 0 Å². The van der Waals surface area contributed by atoms with Gasteiger partial charge in [0.15, 0.2) is 30.9 Å². The van der Waals surface area contributed by atoms with E-state index in [2.05, 4.69) is 19.9 Å². The number of aliphatic hydroxyl groups excluding tert-OH is 12. The third-order valence-corrected chi connectivity index (χ3v) is 19.4. The molecule has 30 atom stereocenters. The lowest BCUT2D eigenvalue weighted by Gasteiger charge is -2.59. The third-order valence-electron chi connectivity index (χ3n) is 19.4. The molecule has 0 bridgehead atoms. The minimum atomic E-state index is -1.76. The van der Waals surface area contributed by atoms with Crippen LogP contribution >= 0.6 is 0 Å². The van der Waals surface area contributed by atoms with Crippen LogP contribution in [0.5, 0.6) is 0 Å². The fourth-order valence-electron chi connectivity index (χ4n) is 14.7. The number of fused-ring (bicyclic) bond motifs is 7. The van der Waals surface area contributed by atoms with Gasteiger partial charge in [-0.05, 0) is 87.4 Å². The van der Waals surface area contributed by atoms with E-state index in [0.29, 0.717) is 32.1 Å². The number of hydrogen-bond acceptors (Lipinski definition) is 23. The summed E-state index contributed by atoms with van der Waals surface area (Å²) >= 11 is 0. The van der Waals surface area contributed by atoms with Crippen molar-refractivity contribution in [3.63, 3.8) is 0 Å². The SMILES string of the molecule is C[C@H](CC[C@@]1(O)O[C@H]2C[C@H]3[C@@H]4CC=C5C[C@@H](O[C@@H]6O[C@H](CO)[C@@H](O[C@@H]7O[C@@H](CO)[C@H](O)[C@H]7O)[C@H](O)[C@H]6O[C@@H]6O[C@@H](C)[C@H](O)[C@@H](O)[C@H]6O)CC[C@]5(C)[C@H]4CC[C@]3(C)[C@@]2(O)[C@@H]1C)CO[C@@H]1O[C@H](CO)[C@@H](O)[C@H](O)[C@H]1O. The molecule has 3 saturated carbocycles. The zero-order valence-electron chi connectivity index (χ0n) is 42.2. The highest BCUT2D eigenvalue weighted by molar-refractivity contribution is 5.29. The number of rotatable bonds is 15. The Hall–Kier alpha value is -1.18. The van der Waals surface area contributed by atoms with Gasteiger partial charge in [0.05, 0.1) is 44.7 Å². The van der Waals surface area contributed by atoms with E-state index in [1.165, 1.54) is 12.5 Å². The predicted octanol–water partition coefficient (Wildman–Crippen LogP) is -3.25. The van der Waals surface area contributed by atoms with Gasteiger partial charge in [-0.1, -0.05) is 39.3 Å². The lowest BCUT2D eigenvalue weighted by Crippen LogP contribution is -2.65. The molecule has 0 spiro atoms. The molecule has 8 fully saturated rings. The molecule has 0 aromatic rings. The Morgan fingerprint density at radius 3 is 1.92 bits per heavy atom. The summed E-state index contributed by atoms with van der Waals surface area (Å²) in [7, 11) is 0. The molecule has 420 valence electrons. The summed E-state index contributed by atoms with van der Waals surface area (Å²) in [5.41, 5.74) is -0.909. The van der Waals surface area contributed by atoms with Gasteiger partial charge < -0.3 is 114 Å². The van der Waals surface area contributed by atoms with Gasteiger partial charge in [0.2, 0.25) is 0 Å². The van der Waals surface area contributed by atoms with Crippen molar-refractivity contribution in [3.8, 4) is 0 Å². The van der Waals surface area contributed by atoms with Crippen LogP contribution < -0.4 is 0 Å². The summed E-state index contributed by atoms with van der Waals surface area (Å²) < 4.78 is 54.0. The topological polar surface area (TPSA) is 366 Å². The molecule has 5 aliphatic heterocycles. The highest BCUT2D eigenvalue weighted by atomic mass is 16.8. The van der Waals surface area contributed by atoms with Crippen LogP contribution in [0, 0.1) is 40.4 Å². The molecule has 9 aliphatic rings. The average Bonchev–Trinajstić information content (AvgIpc) is 3.86. The van der Waals surface area contributed by atoms with Crippen LogP contribution in [0.1, 0.15) is 92.4 Å². The van der Waals surface area contributed by atoms with Crippen LogP contribution in [-0.2, 0) is 42.6 Å². The highest BCUT2D eigenvalue weighted by Crippen LogP contribution is 2.71. The second kappa shape index (κ2) is 21.5. The molecule has 5 heterocycles. The fraction of sp³-hybridized carbons (Fsp3) is 0.960. The molecule has 0 aromatic heterocycles. The smallest absolute Gasteiger partial charge is 0.187 e. The summed E-state index contributed by atoms with van der Waals surface area (Å²) in [4.78, 5) is 0. The Morgan fingerprint density at radius 2 is 1.23 bits per heavy atom. The van der Waals surface area contributed by atoms with Crippen LogP contribution in [0.2, 0.25) is 0 Å². The summed E-state index contributed by atoms with van der Waals surface area (Å²) in [6.07, 6.45) is -21.2. The zero-order valence-corrected chi connectivity index (χ0v) is 42.2. The number of ether oxygens (including phenoxy) is 9. The van der Waals surface area contributed by atoms with Gasteiger partial charge in [-0.25, -0.2) is 0 Å². The summed E-state index contributed by atoms with van der Waals surface area (Å²) in [5.74, 6) is -1.84. The molecule has 0 unspecified atom stereocenters. The molecule has 23 nitrogen and oxygen atoms in total. The normalized spacial score (nSPS) is 55.3. The molecular weight excluding hydrogens is 969 g/mol.